The second-order valence-corrected chi connectivity index (χ2v) is 11.4. The first kappa shape index (κ1) is 26.0. The van der Waals surface area contributed by atoms with E-state index in [1.165, 1.54) is 18.2 Å². The number of carbonyl (C=O) groups is 1. The number of nitrogens with one attached hydrogen (secondary N) is 1. The Morgan fingerprint density at radius 2 is 1.58 bits per heavy atom. The summed E-state index contributed by atoms with van der Waals surface area (Å²) < 4.78 is 28.6. The molecule has 3 aromatic carbocycles. The third kappa shape index (κ3) is 6.94. The number of hydrogen-bond donors (Lipinski definition) is 1. The Labute approximate surface area is 216 Å². The summed E-state index contributed by atoms with van der Waals surface area (Å²) in [4.78, 5) is 12.9. The van der Waals surface area contributed by atoms with E-state index in [-0.39, 0.29) is 17.5 Å². The fraction of sp³-hybridized carbons (Fsp3) is 0.174. The van der Waals surface area contributed by atoms with Gasteiger partial charge in [0.1, 0.15) is 0 Å². The van der Waals surface area contributed by atoms with Gasteiger partial charge in [-0.2, -0.15) is 4.31 Å². The van der Waals surface area contributed by atoms with E-state index in [1.807, 2.05) is 6.92 Å². The number of carbonyl (C=O) groups excluding carboxylic acids is 1. The van der Waals surface area contributed by atoms with Crippen molar-refractivity contribution in [1.29, 1.82) is 0 Å². The zero-order chi connectivity index (χ0) is 24.2. The van der Waals surface area contributed by atoms with Gasteiger partial charge in [-0.3, -0.25) is 4.79 Å². The molecule has 0 fully saturated rings. The van der Waals surface area contributed by atoms with Crippen molar-refractivity contribution in [2.45, 2.75) is 24.4 Å². The second-order valence-electron chi connectivity index (χ2n) is 7.30. The molecule has 0 aliphatic rings. The van der Waals surface area contributed by atoms with Gasteiger partial charge in [-0.25, -0.2) is 8.42 Å². The van der Waals surface area contributed by atoms with Crippen LogP contribution in [0.2, 0.25) is 15.1 Å². The molecule has 3 rings (SSSR count). The van der Waals surface area contributed by atoms with Crippen molar-refractivity contribution in [2.24, 2.45) is 0 Å². The quantitative estimate of drug-likeness (QED) is 0.327. The van der Waals surface area contributed by atoms with Crippen molar-refractivity contribution in [2.75, 3.05) is 6.54 Å². The lowest BCUT2D eigenvalue weighted by molar-refractivity contribution is -0.122. The van der Waals surface area contributed by atoms with Crippen LogP contribution in [0.15, 0.2) is 76.1 Å². The van der Waals surface area contributed by atoms with Gasteiger partial charge in [0.15, 0.2) is 0 Å². The summed E-state index contributed by atoms with van der Waals surface area (Å²) >= 11 is 21.5. The number of hydrogen-bond acceptors (Lipinski definition) is 3. The summed E-state index contributed by atoms with van der Waals surface area (Å²) in [6, 6.07) is 17.7. The summed E-state index contributed by atoms with van der Waals surface area (Å²) in [5, 5.41) is 4.17. The van der Waals surface area contributed by atoms with Crippen LogP contribution in [0.5, 0.6) is 0 Å². The van der Waals surface area contributed by atoms with E-state index in [9.17, 15) is 13.2 Å². The molecule has 1 unspecified atom stereocenters. The molecule has 0 radical (unpaired) electrons. The Balaban J connectivity index is 1.86. The average molecular weight is 591 g/mol. The number of sulfonamides is 1. The Morgan fingerprint density at radius 1 is 0.970 bits per heavy atom. The van der Waals surface area contributed by atoms with Crippen LogP contribution in [0.1, 0.15) is 24.1 Å². The van der Waals surface area contributed by atoms with Gasteiger partial charge in [-0.05, 0) is 66.6 Å². The molecule has 0 aromatic heterocycles. The van der Waals surface area contributed by atoms with Crippen LogP contribution in [0.3, 0.4) is 0 Å². The van der Waals surface area contributed by atoms with Crippen LogP contribution in [-0.2, 0) is 21.4 Å². The van der Waals surface area contributed by atoms with Crippen LogP contribution < -0.4 is 5.32 Å². The predicted octanol–water partition coefficient (Wildman–Crippen LogP) is 6.48. The first-order chi connectivity index (χ1) is 15.6. The SMILES string of the molecule is CC(NC(=O)CN(Cc1ccc(Cl)cc1Cl)S(=O)(=O)c1ccc(Br)cc1)c1ccc(Cl)cc1. The van der Waals surface area contributed by atoms with Gasteiger partial charge in [0, 0.05) is 26.1 Å². The molecule has 0 aliphatic carbocycles. The van der Waals surface area contributed by atoms with Gasteiger partial charge in [0.2, 0.25) is 15.9 Å². The van der Waals surface area contributed by atoms with Crippen LogP contribution in [0, 0.1) is 0 Å². The first-order valence-electron chi connectivity index (χ1n) is 9.81. The molecular weight excluding hydrogens is 571 g/mol. The normalized spacial score (nSPS) is 12.5. The molecule has 0 heterocycles. The Morgan fingerprint density at radius 3 is 2.18 bits per heavy atom. The maximum Gasteiger partial charge on any atom is 0.243 e. The van der Waals surface area contributed by atoms with Crippen LogP contribution >= 0.6 is 50.7 Å². The number of benzene rings is 3. The van der Waals surface area contributed by atoms with Crippen LogP contribution in [0.4, 0.5) is 0 Å². The van der Waals surface area contributed by atoms with Gasteiger partial charge in [0.05, 0.1) is 17.5 Å². The number of nitrogens with zero attached hydrogens (tertiary/aromatic N) is 1. The monoisotopic (exact) mass is 588 g/mol. The molecule has 33 heavy (non-hydrogen) atoms. The van der Waals surface area contributed by atoms with Crippen molar-refractivity contribution in [3.8, 4) is 0 Å². The molecule has 0 bridgehead atoms. The lowest BCUT2D eigenvalue weighted by atomic mass is 10.1. The van der Waals surface area contributed by atoms with Gasteiger partial charge >= 0.3 is 0 Å². The van der Waals surface area contributed by atoms with E-state index in [4.69, 9.17) is 34.8 Å². The topological polar surface area (TPSA) is 66.5 Å². The van der Waals surface area contributed by atoms with Gasteiger partial charge in [-0.1, -0.05) is 68.9 Å². The highest BCUT2D eigenvalue weighted by molar-refractivity contribution is 9.10. The fourth-order valence-corrected chi connectivity index (χ4v) is 5.34. The maximum absolute atomic E-state index is 13.4. The Kier molecular flexibility index (Phi) is 8.83. The standard InChI is InChI=1S/C23H20BrCl3N2O3S/c1-15(16-2-7-19(25)8-3-16)28-23(30)14-29(13-17-4-9-20(26)12-22(17)27)33(31,32)21-10-5-18(24)6-11-21/h2-12,15H,13-14H2,1H3,(H,28,30). The number of amides is 1. The summed E-state index contributed by atoms with van der Waals surface area (Å²) in [7, 11) is -4.00. The smallest absolute Gasteiger partial charge is 0.243 e. The first-order valence-corrected chi connectivity index (χ1v) is 13.2. The van der Waals surface area contributed by atoms with E-state index in [0.717, 1.165) is 14.3 Å². The summed E-state index contributed by atoms with van der Waals surface area (Å²) in [5.41, 5.74) is 1.37. The van der Waals surface area contributed by atoms with Crippen molar-refractivity contribution in [3.63, 3.8) is 0 Å². The predicted molar refractivity (Wildman–Crippen MR) is 136 cm³/mol. The van der Waals surface area contributed by atoms with Crippen molar-refractivity contribution >= 4 is 66.7 Å². The van der Waals surface area contributed by atoms with E-state index < -0.39 is 22.5 Å². The lowest BCUT2D eigenvalue weighted by Crippen LogP contribution is -2.41. The van der Waals surface area contributed by atoms with Crippen LogP contribution in [-0.4, -0.2) is 25.2 Å². The maximum atomic E-state index is 13.4. The second kappa shape index (κ2) is 11.2. The van der Waals surface area contributed by atoms with Crippen LogP contribution in [0.25, 0.3) is 0 Å². The summed E-state index contributed by atoms with van der Waals surface area (Å²) in [6.45, 7) is 1.32. The molecule has 1 amide bonds. The van der Waals surface area contributed by atoms with Crippen molar-refractivity contribution in [3.05, 3.63) is 97.4 Å². The molecule has 0 saturated carbocycles. The summed E-state index contributed by atoms with van der Waals surface area (Å²) in [6.07, 6.45) is 0. The molecule has 0 saturated heterocycles. The van der Waals surface area contributed by atoms with Gasteiger partial charge in [-0.15, -0.1) is 0 Å². The minimum absolute atomic E-state index is 0.0642. The molecule has 0 aliphatic heterocycles. The minimum Gasteiger partial charge on any atom is -0.348 e. The lowest BCUT2D eigenvalue weighted by Gasteiger charge is -2.24. The minimum atomic E-state index is -4.00. The molecule has 1 atom stereocenters. The Bertz CT molecular complexity index is 1240. The molecule has 1 N–H and O–H groups in total. The van der Waals surface area contributed by atoms with E-state index in [2.05, 4.69) is 21.2 Å². The van der Waals surface area contributed by atoms with E-state index in [1.54, 1.807) is 48.5 Å². The third-order valence-electron chi connectivity index (χ3n) is 4.88. The van der Waals surface area contributed by atoms with E-state index >= 15 is 0 Å². The van der Waals surface area contributed by atoms with Crippen molar-refractivity contribution in [1.82, 2.24) is 9.62 Å². The van der Waals surface area contributed by atoms with Crippen molar-refractivity contribution < 1.29 is 13.2 Å². The average Bonchev–Trinajstić information content (AvgIpc) is 2.75. The highest BCUT2D eigenvalue weighted by atomic mass is 79.9. The summed E-state index contributed by atoms with van der Waals surface area (Å²) in [5.74, 6) is -0.455. The number of halogens is 4. The number of rotatable bonds is 8. The molecule has 5 nitrogen and oxygen atoms in total. The molecule has 3 aromatic rings. The molecule has 0 spiro atoms. The van der Waals surface area contributed by atoms with Gasteiger partial charge in [0.25, 0.3) is 0 Å². The zero-order valence-corrected chi connectivity index (χ0v) is 22.1. The zero-order valence-electron chi connectivity index (χ0n) is 17.4. The largest absolute Gasteiger partial charge is 0.348 e. The highest BCUT2D eigenvalue weighted by Crippen LogP contribution is 2.26. The Hall–Kier alpha value is -1.61. The van der Waals surface area contributed by atoms with Gasteiger partial charge < -0.3 is 5.32 Å². The molecule has 174 valence electrons. The molecular formula is C23H20BrCl3N2O3S. The third-order valence-corrected chi connectivity index (χ3v) is 8.05. The molecule has 10 heteroatoms. The highest BCUT2D eigenvalue weighted by Gasteiger charge is 2.28. The fourth-order valence-electron chi connectivity index (χ4n) is 3.10. The van der Waals surface area contributed by atoms with E-state index in [0.29, 0.717) is 20.6 Å².